The Bertz CT molecular complexity index is 442. The molecule has 1 aliphatic rings. The minimum atomic E-state index is -0.368. The van der Waals surface area contributed by atoms with Crippen LogP contribution in [0.4, 0.5) is 0 Å². The van der Waals surface area contributed by atoms with Gasteiger partial charge in [-0.15, -0.1) is 12.4 Å². The van der Waals surface area contributed by atoms with Gasteiger partial charge < -0.3 is 10.8 Å². The van der Waals surface area contributed by atoms with E-state index in [9.17, 15) is 9.90 Å². The lowest BCUT2D eigenvalue weighted by atomic mass is 10.0. The molecule has 3 unspecified atom stereocenters. The van der Waals surface area contributed by atoms with Gasteiger partial charge in [0.2, 0.25) is 0 Å². The Balaban J connectivity index is 0.00000144. The first-order chi connectivity index (χ1) is 7.54. The third-order valence-corrected chi connectivity index (χ3v) is 3.49. The van der Waals surface area contributed by atoms with Gasteiger partial charge in [-0.1, -0.05) is 0 Å². The molecule has 0 bridgehead atoms. The Morgan fingerprint density at radius 1 is 1.47 bits per heavy atom. The van der Waals surface area contributed by atoms with Crippen molar-refractivity contribution in [3.05, 3.63) is 16.3 Å². The van der Waals surface area contributed by atoms with Crippen molar-refractivity contribution in [1.29, 1.82) is 0 Å². The second-order valence-electron chi connectivity index (χ2n) is 4.55. The maximum absolute atomic E-state index is 11.6. The fourth-order valence-corrected chi connectivity index (χ4v) is 2.50. The van der Waals surface area contributed by atoms with Crippen molar-refractivity contribution in [2.75, 3.05) is 6.54 Å². The van der Waals surface area contributed by atoms with Crippen LogP contribution < -0.4 is 11.4 Å². The van der Waals surface area contributed by atoms with Crippen molar-refractivity contribution in [2.24, 2.45) is 25.7 Å². The van der Waals surface area contributed by atoms with E-state index in [1.54, 1.807) is 18.7 Å². The predicted octanol–water partition coefficient (Wildman–Crippen LogP) is -0.646. The van der Waals surface area contributed by atoms with Crippen LogP contribution in [-0.4, -0.2) is 32.1 Å². The minimum Gasteiger partial charge on any atom is -0.393 e. The number of hydrogen-bond donors (Lipinski definition) is 2. The van der Waals surface area contributed by atoms with E-state index in [2.05, 4.69) is 5.10 Å². The van der Waals surface area contributed by atoms with Gasteiger partial charge in [0, 0.05) is 20.0 Å². The lowest BCUT2D eigenvalue weighted by Gasteiger charge is -2.09. The van der Waals surface area contributed by atoms with Gasteiger partial charge >= 0.3 is 5.69 Å². The standard InChI is InChI=1S/C10H18N4O2.ClH/c1-13-9(12-14(2)10(13)16)6-3-7(5-11)8(15)4-6;/h6-8,15H,3-5,11H2,1-2H3;1H. The number of halogens is 1. The molecular formula is C10H19ClN4O2. The fourth-order valence-electron chi connectivity index (χ4n) is 2.50. The quantitative estimate of drug-likeness (QED) is 0.742. The van der Waals surface area contributed by atoms with Crippen molar-refractivity contribution < 1.29 is 5.11 Å². The normalized spacial score (nSPS) is 28.1. The van der Waals surface area contributed by atoms with E-state index in [0.29, 0.717) is 13.0 Å². The molecule has 3 atom stereocenters. The van der Waals surface area contributed by atoms with Gasteiger partial charge in [0.1, 0.15) is 5.82 Å². The molecule has 6 nitrogen and oxygen atoms in total. The smallest absolute Gasteiger partial charge is 0.345 e. The van der Waals surface area contributed by atoms with Crippen LogP contribution >= 0.6 is 12.4 Å². The van der Waals surface area contributed by atoms with E-state index in [1.165, 1.54) is 4.68 Å². The first-order valence-electron chi connectivity index (χ1n) is 5.52. The van der Waals surface area contributed by atoms with E-state index in [4.69, 9.17) is 5.73 Å². The molecule has 1 fully saturated rings. The Hall–Kier alpha value is -0.850. The average Bonchev–Trinajstić information content (AvgIpc) is 2.74. The molecule has 17 heavy (non-hydrogen) atoms. The van der Waals surface area contributed by atoms with Gasteiger partial charge in [-0.05, 0) is 25.3 Å². The van der Waals surface area contributed by atoms with Crippen LogP contribution in [0.1, 0.15) is 24.6 Å². The molecule has 0 saturated heterocycles. The third kappa shape index (κ3) is 2.38. The molecule has 0 spiro atoms. The zero-order valence-electron chi connectivity index (χ0n) is 10.0. The highest BCUT2D eigenvalue weighted by molar-refractivity contribution is 5.85. The Morgan fingerprint density at radius 3 is 2.53 bits per heavy atom. The zero-order chi connectivity index (χ0) is 11.9. The Kier molecular flexibility index (Phi) is 4.35. The predicted molar refractivity (Wildman–Crippen MR) is 66.2 cm³/mol. The molecule has 1 aromatic heterocycles. The topological polar surface area (TPSA) is 86.1 Å². The largest absolute Gasteiger partial charge is 0.393 e. The molecule has 1 saturated carbocycles. The van der Waals surface area contributed by atoms with Crippen molar-refractivity contribution in [1.82, 2.24) is 14.3 Å². The van der Waals surface area contributed by atoms with Crippen molar-refractivity contribution in [3.8, 4) is 0 Å². The molecule has 7 heteroatoms. The molecule has 0 aliphatic heterocycles. The van der Waals surface area contributed by atoms with Crippen LogP contribution in [0.3, 0.4) is 0 Å². The highest BCUT2D eigenvalue weighted by Crippen LogP contribution is 2.36. The van der Waals surface area contributed by atoms with E-state index >= 15 is 0 Å². The van der Waals surface area contributed by atoms with Crippen molar-refractivity contribution in [2.45, 2.75) is 24.9 Å². The van der Waals surface area contributed by atoms with Crippen LogP contribution in [0, 0.1) is 5.92 Å². The van der Waals surface area contributed by atoms with Crippen LogP contribution in [0.2, 0.25) is 0 Å². The number of aliphatic hydroxyl groups is 1. The highest BCUT2D eigenvalue weighted by Gasteiger charge is 2.35. The summed E-state index contributed by atoms with van der Waals surface area (Å²) in [7, 11) is 3.35. The molecule has 1 aliphatic carbocycles. The number of hydrogen-bond acceptors (Lipinski definition) is 4. The van der Waals surface area contributed by atoms with Gasteiger partial charge in [-0.2, -0.15) is 5.10 Å². The fraction of sp³-hybridized carbons (Fsp3) is 0.800. The molecule has 1 aromatic rings. The Labute approximate surface area is 106 Å². The second kappa shape index (κ2) is 5.20. The van der Waals surface area contributed by atoms with E-state index in [0.717, 1.165) is 12.2 Å². The van der Waals surface area contributed by atoms with E-state index in [-0.39, 0.29) is 36.0 Å². The maximum atomic E-state index is 11.6. The van der Waals surface area contributed by atoms with Gasteiger partial charge in [0.15, 0.2) is 0 Å². The first kappa shape index (κ1) is 14.2. The molecule has 0 aromatic carbocycles. The number of aliphatic hydroxyl groups excluding tert-OH is 1. The number of nitrogens with two attached hydrogens (primary N) is 1. The monoisotopic (exact) mass is 262 g/mol. The SMILES string of the molecule is Cl.Cn1nc(C2CC(O)C(CN)C2)n(C)c1=O. The molecule has 0 amide bonds. The van der Waals surface area contributed by atoms with Crippen LogP contribution in [0.5, 0.6) is 0 Å². The van der Waals surface area contributed by atoms with Gasteiger partial charge in [-0.3, -0.25) is 4.57 Å². The summed E-state index contributed by atoms with van der Waals surface area (Å²) in [5, 5.41) is 14.0. The summed E-state index contributed by atoms with van der Waals surface area (Å²) in [6, 6.07) is 0. The summed E-state index contributed by atoms with van der Waals surface area (Å²) in [4.78, 5) is 11.6. The van der Waals surface area contributed by atoms with Crippen molar-refractivity contribution >= 4 is 12.4 Å². The number of aryl methyl sites for hydroxylation is 1. The average molecular weight is 263 g/mol. The number of nitrogens with zero attached hydrogens (tertiary/aromatic N) is 3. The molecule has 3 N–H and O–H groups in total. The maximum Gasteiger partial charge on any atom is 0.345 e. The third-order valence-electron chi connectivity index (χ3n) is 3.49. The van der Waals surface area contributed by atoms with Crippen LogP contribution in [0.15, 0.2) is 4.79 Å². The molecule has 2 rings (SSSR count). The Morgan fingerprint density at radius 2 is 2.12 bits per heavy atom. The first-order valence-corrected chi connectivity index (χ1v) is 5.52. The van der Waals surface area contributed by atoms with Gasteiger partial charge in [0.05, 0.1) is 6.10 Å². The van der Waals surface area contributed by atoms with Crippen molar-refractivity contribution in [3.63, 3.8) is 0 Å². The summed E-state index contributed by atoms with van der Waals surface area (Å²) in [6.45, 7) is 0.485. The lowest BCUT2D eigenvalue weighted by Crippen LogP contribution is -2.21. The molecule has 1 heterocycles. The molecule has 98 valence electrons. The lowest BCUT2D eigenvalue weighted by molar-refractivity contribution is 0.136. The highest BCUT2D eigenvalue weighted by atomic mass is 35.5. The van der Waals surface area contributed by atoms with Gasteiger partial charge in [-0.25, -0.2) is 9.48 Å². The van der Waals surface area contributed by atoms with E-state index < -0.39 is 0 Å². The van der Waals surface area contributed by atoms with Crippen LogP contribution in [-0.2, 0) is 14.1 Å². The number of aromatic nitrogens is 3. The second-order valence-corrected chi connectivity index (χ2v) is 4.55. The van der Waals surface area contributed by atoms with E-state index in [1.807, 2.05) is 0 Å². The summed E-state index contributed by atoms with van der Waals surface area (Å²) < 4.78 is 2.88. The summed E-state index contributed by atoms with van der Waals surface area (Å²) in [5.41, 5.74) is 5.46. The molecule has 0 radical (unpaired) electrons. The minimum absolute atomic E-state index is 0. The summed E-state index contributed by atoms with van der Waals surface area (Å²) >= 11 is 0. The molecular weight excluding hydrogens is 244 g/mol. The summed E-state index contributed by atoms with van der Waals surface area (Å²) in [6.07, 6.45) is 1.08. The zero-order valence-corrected chi connectivity index (χ0v) is 10.9. The van der Waals surface area contributed by atoms with Gasteiger partial charge in [0.25, 0.3) is 0 Å². The summed E-state index contributed by atoms with van der Waals surface area (Å²) in [5.74, 6) is 1.02. The number of rotatable bonds is 2. The van der Waals surface area contributed by atoms with Crippen LogP contribution in [0.25, 0.3) is 0 Å².